The minimum Gasteiger partial charge on any atom is -0.467 e. The minimum absolute atomic E-state index is 0.0315. The topological polar surface area (TPSA) is 166 Å². The number of nitrogens with zero attached hydrogens (tertiary/aromatic N) is 12. The Kier molecular flexibility index (Phi) is 22.2. The number of aromatic nitrogens is 5. The molecule has 1 unspecified atom stereocenters. The summed E-state index contributed by atoms with van der Waals surface area (Å²) >= 11 is 14.8. The van der Waals surface area contributed by atoms with Gasteiger partial charge in [-0.1, -0.05) is 91.6 Å². The van der Waals surface area contributed by atoms with Crippen LogP contribution in [0.1, 0.15) is 70.1 Å². The van der Waals surface area contributed by atoms with Gasteiger partial charge in [0.15, 0.2) is 5.82 Å². The van der Waals surface area contributed by atoms with Crippen LogP contribution in [0, 0.1) is 11.7 Å². The number of hydrogen-bond donors (Lipinski definition) is 0. The number of likely N-dealkylation sites (tertiary alicyclic amines) is 3. The number of likely N-dealkylation sites (N-methyl/N-ethyl adjacent to an activating group) is 1. The van der Waals surface area contributed by atoms with Crippen LogP contribution in [-0.4, -0.2) is 188 Å². The molecule has 0 radical (unpaired) electrons. The van der Waals surface area contributed by atoms with Gasteiger partial charge in [0.2, 0.25) is 11.8 Å². The highest BCUT2D eigenvalue weighted by molar-refractivity contribution is 8.01. The molecule has 6 aliphatic rings. The fraction of sp³-hybridized carbons (Fsp3) is 0.449. The van der Waals surface area contributed by atoms with Gasteiger partial charge in [-0.3, -0.25) is 19.5 Å². The van der Waals surface area contributed by atoms with Gasteiger partial charge in [0, 0.05) is 122 Å². The molecule has 2 amide bonds. The number of hydrogen-bond acceptors (Lipinski definition) is 17. The summed E-state index contributed by atoms with van der Waals surface area (Å²) < 4.78 is 33.1. The number of carbonyl (C=O) groups is 3. The van der Waals surface area contributed by atoms with Gasteiger partial charge in [-0.2, -0.15) is 19.9 Å². The smallest absolute Gasteiger partial charge is 0.330 e. The zero-order valence-electron chi connectivity index (χ0n) is 53.5. The summed E-state index contributed by atoms with van der Waals surface area (Å²) in [5.74, 6) is 0.196. The lowest BCUT2D eigenvalue weighted by atomic mass is 9.95. The Balaban J connectivity index is 0.000000183. The number of anilines is 3. The van der Waals surface area contributed by atoms with Gasteiger partial charge in [0.1, 0.15) is 29.5 Å². The van der Waals surface area contributed by atoms with E-state index in [2.05, 4.69) is 72.7 Å². The first kappa shape index (κ1) is 66.6. The van der Waals surface area contributed by atoms with Crippen LogP contribution in [0.4, 0.5) is 21.7 Å². The van der Waals surface area contributed by atoms with E-state index in [0.29, 0.717) is 67.1 Å². The summed E-state index contributed by atoms with van der Waals surface area (Å²) in [6.07, 6.45) is 16.5. The number of amides is 2. The molecule has 1 atom stereocenters. The van der Waals surface area contributed by atoms with E-state index in [0.717, 1.165) is 120 Å². The van der Waals surface area contributed by atoms with Crippen LogP contribution in [0.15, 0.2) is 103 Å². The van der Waals surface area contributed by atoms with Crippen LogP contribution in [0.3, 0.4) is 0 Å². The van der Waals surface area contributed by atoms with Crippen molar-refractivity contribution in [2.24, 2.45) is 5.92 Å². The summed E-state index contributed by atoms with van der Waals surface area (Å²) in [7, 11) is 8.99. The van der Waals surface area contributed by atoms with E-state index < -0.39 is 11.8 Å². The quantitative estimate of drug-likeness (QED) is 0.0702. The Bertz CT molecular complexity index is 3790. The molecule has 5 fully saturated rings. The third kappa shape index (κ3) is 14.9. The van der Waals surface area contributed by atoms with Crippen molar-refractivity contribution in [2.75, 3.05) is 128 Å². The zero-order valence-corrected chi connectivity index (χ0v) is 55.8. The molecule has 13 rings (SSSR count). The van der Waals surface area contributed by atoms with Crippen molar-refractivity contribution in [3.8, 4) is 23.3 Å². The molecule has 0 aliphatic carbocycles. The SMILES string of the molecule is CC.CN1CCCC1.COC(=O)/C=C/C(=O)N1CC(CN(C)c2nc(OCC34CCCN3CCC4)nc3c(F)c(-c4cccc5cccc(Cl)c45)ncc23)C1.COc1nc2c(c(N(C)C3CCN(C(=O)/C=C/SC)C3)n1)CCN(c1cccc3cccc(Cl)c13)C2. The van der Waals surface area contributed by atoms with Gasteiger partial charge >= 0.3 is 18.0 Å². The lowest BCUT2D eigenvalue weighted by Crippen LogP contribution is -2.53. The van der Waals surface area contributed by atoms with Crippen molar-refractivity contribution in [3.63, 3.8) is 0 Å². The number of fused-ring (bicyclic) bond motifs is 5. The molecular weight excluding hydrogens is 1210 g/mol. The second-order valence-electron chi connectivity index (χ2n) is 23.8. The van der Waals surface area contributed by atoms with E-state index in [9.17, 15) is 14.4 Å². The molecule has 18 nitrogen and oxygen atoms in total. The monoisotopic (exact) mass is 1300 g/mol. The largest absolute Gasteiger partial charge is 0.467 e. The first-order valence-electron chi connectivity index (χ1n) is 31.6. The highest BCUT2D eigenvalue weighted by Gasteiger charge is 2.45. The zero-order chi connectivity index (χ0) is 64.3. The predicted octanol–water partition coefficient (Wildman–Crippen LogP) is 11.8. The third-order valence-corrected chi connectivity index (χ3v) is 19.2. The first-order chi connectivity index (χ1) is 44.1. The number of pyridine rings is 1. The number of esters is 1. The van der Waals surface area contributed by atoms with E-state index in [1.807, 2.05) is 84.8 Å². The lowest BCUT2D eigenvalue weighted by Gasteiger charge is -2.40. The van der Waals surface area contributed by atoms with Crippen LogP contribution in [-0.2, 0) is 32.1 Å². The molecule has 6 aliphatic heterocycles. The van der Waals surface area contributed by atoms with E-state index in [1.54, 1.807) is 30.3 Å². The number of benzene rings is 4. The van der Waals surface area contributed by atoms with Crippen molar-refractivity contribution in [2.45, 2.75) is 83.3 Å². The van der Waals surface area contributed by atoms with E-state index in [4.69, 9.17) is 47.6 Å². The molecule has 0 spiro atoms. The Labute approximate surface area is 547 Å². The van der Waals surface area contributed by atoms with Gasteiger partial charge in [-0.15, -0.1) is 11.8 Å². The maximum Gasteiger partial charge on any atom is 0.330 e. The van der Waals surface area contributed by atoms with Gasteiger partial charge < -0.3 is 43.6 Å². The van der Waals surface area contributed by atoms with Crippen LogP contribution < -0.4 is 24.2 Å². The standard InChI is InChI=1S/C35H36ClFN6O4.C27H30ClN5O2S.C5H11N.C2H6/c1-41(18-22-19-42(20-22)27(44)11-12-28(45)46-2)33-25-17-38-31(24-9-3-7-23-8-4-10-26(36)29(23)24)30(37)32(25)39-34(40-33)47-21-35-13-5-15-43(35)16-6-14-35;1-31(19-10-13-33(16-19)24(34)12-15-36-3)26-20-11-14-32(17-22(20)29-27(30-26)35-2)23-9-5-7-18-6-4-8-21(28)25(18)23;1-6-4-2-3-5-6;1-2/h3-4,7-12,17,22H,5-6,13-16,18-21H2,1-2H3;4-9,12,15,19H,10-11,13-14,16-17H2,1-3H3;2-5H2,1H3;1-2H3/b12-11+;15-12+;;. The molecule has 5 saturated heterocycles. The molecular formula is C69H83Cl2FN12O6S. The molecule has 91 heavy (non-hydrogen) atoms. The van der Waals surface area contributed by atoms with Crippen LogP contribution in [0.5, 0.6) is 12.0 Å². The number of rotatable bonds is 15. The minimum atomic E-state index is -0.579. The summed E-state index contributed by atoms with van der Waals surface area (Å²) in [4.78, 5) is 74.7. The van der Waals surface area contributed by atoms with Crippen molar-refractivity contribution < 1.29 is 33.0 Å². The molecule has 4 aromatic carbocycles. The number of carbonyl (C=O) groups excluding carboxylic acids is 3. The average molecular weight is 1300 g/mol. The van der Waals surface area contributed by atoms with Crippen LogP contribution in [0.2, 0.25) is 10.0 Å². The molecule has 7 aromatic rings. The van der Waals surface area contributed by atoms with Gasteiger partial charge in [-0.25, -0.2) is 9.18 Å². The summed E-state index contributed by atoms with van der Waals surface area (Å²) in [6.45, 7) is 13.7. The third-order valence-electron chi connectivity index (χ3n) is 18.2. The Morgan fingerprint density at radius 3 is 2.09 bits per heavy atom. The molecule has 0 N–H and O–H groups in total. The van der Waals surface area contributed by atoms with Crippen molar-refractivity contribution in [1.82, 2.24) is 44.5 Å². The van der Waals surface area contributed by atoms with Gasteiger partial charge in [0.25, 0.3) is 0 Å². The fourth-order valence-corrected chi connectivity index (χ4v) is 14.2. The highest BCUT2D eigenvalue weighted by atomic mass is 35.5. The highest BCUT2D eigenvalue weighted by Crippen LogP contribution is 2.42. The number of halogens is 3. The molecule has 9 heterocycles. The predicted molar refractivity (Wildman–Crippen MR) is 364 cm³/mol. The van der Waals surface area contributed by atoms with E-state index in [1.165, 1.54) is 50.9 Å². The van der Waals surface area contributed by atoms with Gasteiger partial charge in [-0.05, 0) is 125 Å². The normalized spacial score (nSPS) is 17.9. The number of thioether (sulfide) groups is 1. The Hall–Kier alpha value is -7.36. The molecule has 3 aromatic heterocycles. The van der Waals surface area contributed by atoms with Crippen molar-refractivity contribution in [1.29, 1.82) is 0 Å². The second-order valence-corrected chi connectivity index (χ2v) is 25.4. The van der Waals surface area contributed by atoms with Gasteiger partial charge in [0.05, 0.1) is 42.4 Å². The van der Waals surface area contributed by atoms with Crippen molar-refractivity contribution in [3.05, 3.63) is 130 Å². The second kappa shape index (κ2) is 30.4. The fourth-order valence-electron chi connectivity index (χ4n) is 13.4. The Morgan fingerprint density at radius 2 is 1.42 bits per heavy atom. The number of ether oxygens (including phenoxy) is 3. The molecule has 0 bridgehead atoms. The molecule has 22 heteroatoms. The lowest BCUT2D eigenvalue weighted by molar-refractivity contribution is -0.136. The van der Waals surface area contributed by atoms with E-state index in [-0.39, 0.29) is 46.5 Å². The first-order valence-corrected chi connectivity index (χ1v) is 33.6. The average Bonchev–Trinajstić information content (AvgIpc) is 1.36. The molecule has 482 valence electrons. The maximum absolute atomic E-state index is 16.7. The van der Waals surface area contributed by atoms with Crippen molar-refractivity contribution >= 4 is 103 Å². The summed E-state index contributed by atoms with van der Waals surface area (Å²) in [6, 6.07) is 24.2. The summed E-state index contributed by atoms with van der Waals surface area (Å²) in [5.41, 5.74) is 4.04. The van der Waals surface area contributed by atoms with Crippen LogP contribution >= 0.6 is 35.0 Å². The van der Waals surface area contributed by atoms with E-state index >= 15 is 4.39 Å². The number of methoxy groups -OCH3 is 2. The Morgan fingerprint density at radius 1 is 0.758 bits per heavy atom. The summed E-state index contributed by atoms with van der Waals surface area (Å²) in [5, 5.41) is 7.35. The van der Waals surface area contributed by atoms with Crippen LogP contribution in [0.25, 0.3) is 43.7 Å². The maximum atomic E-state index is 16.7. The molecule has 0 saturated carbocycles.